The summed E-state index contributed by atoms with van der Waals surface area (Å²) >= 11 is 6.12. The lowest BCUT2D eigenvalue weighted by atomic mass is 10.2. The summed E-state index contributed by atoms with van der Waals surface area (Å²) in [5, 5.41) is 7.06. The van der Waals surface area contributed by atoms with E-state index in [1.165, 1.54) is 4.31 Å². The van der Waals surface area contributed by atoms with Gasteiger partial charge in [-0.2, -0.15) is 4.98 Å². The Morgan fingerprint density at radius 3 is 2.48 bits per heavy atom. The third-order valence-corrected chi connectivity index (χ3v) is 5.69. The van der Waals surface area contributed by atoms with Crippen LogP contribution in [0.2, 0.25) is 5.02 Å². The molecule has 0 aliphatic heterocycles. The first-order valence-electron chi connectivity index (χ1n) is 8.73. The lowest BCUT2D eigenvalue weighted by molar-refractivity contribution is 0.0946. The molecular formula is C19H19ClN4O4S. The van der Waals surface area contributed by atoms with Gasteiger partial charge in [0.25, 0.3) is 5.91 Å². The highest BCUT2D eigenvalue weighted by atomic mass is 35.5. The molecule has 0 unspecified atom stereocenters. The van der Waals surface area contributed by atoms with Crippen molar-refractivity contribution in [2.24, 2.45) is 0 Å². The molecule has 3 aromatic rings. The Morgan fingerprint density at radius 1 is 1.17 bits per heavy atom. The number of nitrogens with one attached hydrogen (secondary N) is 1. The van der Waals surface area contributed by atoms with Gasteiger partial charge in [-0.3, -0.25) is 9.10 Å². The first-order chi connectivity index (χ1) is 13.8. The molecule has 10 heteroatoms. The van der Waals surface area contributed by atoms with E-state index in [1.807, 2.05) is 6.07 Å². The average Bonchev–Trinajstić information content (AvgIpc) is 3.15. The average molecular weight is 435 g/mol. The minimum absolute atomic E-state index is 0.0441. The topological polar surface area (TPSA) is 105 Å². The molecule has 1 N–H and O–H groups in total. The highest BCUT2D eigenvalue weighted by molar-refractivity contribution is 7.92. The monoisotopic (exact) mass is 434 g/mol. The number of hydrogen-bond donors (Lipinski definition) is 1. The number of nitrogens with zero attached hydrogens (tertiary/aromatic N) is 3. The van der Waals surface area contributed by atoms with Crippen molar-refractivity contribution in [2.45, 2.75) is 13.5 Å². The van der Waals surface area contributed by atoms with Gasteiger partial charge in [-0.1, -0.05) is 28.9 Å². The molecule has 1 aromatic heterocycles. The molecule has 0 spiro atoms. The van der Waals surface area contributed by atoms with Crippen LogP contribution in [0.1, 0.15) is 23.2 Å². The molecule has 1 amide bonds. The smallest absolute Gasteiger partial charge is 0.251 e. The van der Waals surface area contributed by atoms with Gasteiger partial charge in [0.15, 0.2) is 0 Å². The van der Waals surface area contributed by atoms with E-state index in [2.05, 4.69) is 15.5 Å². The number of amides is 1. The van der Waals surface area contributed by atoms with Gasteiger partial charge in [0.1, 0.15) is 0 Å². The first kappa shape index (κ1) is 20.8. The molecule has 152 valence electrons. The van der Waals surface area contributed by atoms with E-state index in [4.69, 9.17) is 16.1 Å². The second kappa shape index (κ2) is 8.62. The van der Waals surface area contributed by atoms with Gasteiger partial charge in [-0.25, -0.2) is 8.42 Å². The van der Waals surface area contributed by atoms with E-state index >= 15 is 0 Å². The van der Waals surface area contributed by atoms with Crippen molar-refractivity contribution in [1.82, 2.24) is 15.5 Å². The van der Waals surface area contributed by atoms with Gasteiger partial charge in [-0.05, 0) is 43.3 Å². The number of hydrogen-bond acceptors (Lipinski definition) is 6. The second-order valence-electron chi connectivity index (χ2n) is 6.15. The Bertz CT molecular complexity index is 1110. The minimum Gasteiger partial charge on any atom is -0.343 e. The zero-order chi connectivity index (χ0) is 21.0. The van der Waals surface area contributed by atoms with Gasteiger partial charge in [-0.15, -0.1) is 0 Å². The Kier molecular flexibility index (Phi) is 6.19. The molecule has 0 aliphatic carbocycles. The third-order valence-electron chi connectivity index (χ3n) is 4.09. The number of anilines is 1. The second-order valence-corrected chi connectivity index (χ2v) is 8.46. The zero-order valence-corrected chi connectivity index (χ0v) is 17.4. The molecule has 1 heterocycles. The summed E-state index contributed by atoms with van der Waals surface area (Å²) in [6, 6.07) is 13.4. The summed E-state index contributed by atoms with van der Waals surface area (Å²) in [4.78, 5) is 16.6. The molecule has 0 atom stereocenters. The van der Waals surface area contributed by atoms with Crippen LogP contribution in [0.15, 0.2) is 53.1 Å². The largest absolute Gasteiger partial charge is 0.343 e. The molecule has 8 nitrogen and oxygen atoms in total. The van der Waals surface area contributed by atoms with Gasteiger partial charge in [0.2, 0.25) is 21.7 Å². The number of carbonyl (C=O) groups excluding carboxylic acids is 1. The van der Waals surface area contributed by atoms with Crippen LogP contribution in [-0.2, 0) is 16.6 Å². The molecule has 0 radical (unpaired) electrons. The maximum Gasteiger partial charge on any atom is 0.251 e. The highest BCUT2D eigenvalue weighted by Gasteiger charge is 2.16. The number of benzene rings is 2. The molecular weight excluding hydrogens is 416 g/mol. The van der Waals surface area contributed by atoms with Crippen LogP contribution in [0.3, 0.4) is 0 Å². The van der Waals surface area contributed by atoms with Crippen LogP contribution in [0.5, 0.6) is 0 Å². The lowest BCUT2D eigenvalue weighted by Gasteiger charge is -2.20. The van der Waals surface area contributed by atoms with Gasteiger partial charge in [0.05, 0.1) is 23.5 Å². The van der Waals surface area contributed by atoms with E-state index in [0.717, 1.165) is 6.26 Å². The Morgan fingerprint density at radius 2 is 1.86 bits per heavy atom. The Labute approximate surface area is 173 Å². The van der Waals surface area contributed by atoms with Crippen LogP contribution in [0.4, 0.5) is 5.69 Å². The fourth-order valence-electron chi connectivity index (χ4n) is 2.72. The number of sulfonamides is 1. The number of halogens is 1. The van der Waals surface area contributed by atoms with Gasteiger partial charge >= 0.3 is 0 Å². The molecule has 2 aromatic carbocycles. The Balaban J connectivity index is 1.65. The van der Waals surface area contributed by atoms with Gasteiger partial charge < -0.3 is 9.84 Å². The van der Waals surface area contributed by atoms with Crippen molar-refractivity contribution in [3.05, 3.63) is 65.0 Å². The first-order valence-corrected chi connectivity index (χ1v) is 11.0. The van der Waals surface area contributed by atoms with Gasteiger partial charge in [0, 0.05) is 17.7 Å². The normalized spacial score (nSPS) is 11.3. The molecule has 0 bridgehead atoms. The van der Waals surface area contributed by atoms with Crippen molar-refractivity contribution in [3.63, 3.8) is 0 Å². The summed E-state index contributed by atoms with van der Waals surface area (Å²) in [5.74, 6) is 0.222. The van der Waals surface area contributed by atoms with Crippen molar-refractivity contribution in [2.75, 3.05) is 17.1 Å². The van der Waals surface area contributed by atoms with E-state index in [-0.39, 0.29) is 18.3 Å². The highest BCUT2D eigenvalue weighted by Crippen LogP contribution is 2.24. The fraction of sp³-hybridized carbons (Fsp3) is 0.211. The third kappa shape index (κ3) is 4.93. The predicted octanol–water partition coefficient (Wildman–Crippen LogP) is 3.11. The molecule has 3 rings (SSSR count). The maximum absolute atomic E-state index is 12.3. The number of carbonyl (C=O) groups is 1. The maximum atomic E-state index is 12.3. The number of rotatable bonds is 7. The number of aromatic nitrogens is 2. The molecule has 29 heavy (non-hydrogen) atoms. The van der Waals surface area contributed by atoms with Crippen LogP contribution >= 0.6 is 11.6 Å². The van der Waals surface area contributed by atoms with Crippen LogP contribution in [-0.4, -0.2) is 37.3 Å². The van der Waals surface area contributed by atoms with Crippen molar-refractivity contribution >= 4 is 33.2 Å². The zero-order valence-electron chi connectivity index (χ0n) is 15.8. The molecule has 0 saturated carbocycles. The van der Waals surface area contributed by atoms with E-state index in [0.29, 0.717) is 34.2 Å². The van der Waals surface area contributed by atoms with E-state index in [1.54, 1.807) is 49.4 Å². The van der Waals surface area contributed by atoms with E-state index in [9.17, 15) is 13.2 Å². The molecule has 0 aliphatic rings. The van der Waals surface area contributed by atoms with Crippen LogP contribution < -0.4 is 9.62 Å². The minimum atomic E-state index is -3.38. The quantitative estimate of drug-likeness (QED) is 0.612. The molecule has 0 saturated heterocycles. The van der Waals surface area contributed by atoms with Crippen molar-refractivity contribution in [1.29, 1.82) is 0 Å². The fourth-order valence-corrected chi connectivity index (χ4v) is 3.92. The van der Waals surface area contributed by atoms with Crippen LogP contribution in [0, 0.1) is 0 Å². The van der Waals surface area contributed by atoms with Crippen molar-refractivity contribution in [3.8, 4) is 11.4 Å². The summed E-state index contributed by atoms with van der Waals surface area (Å²) in [6.07, 6.45) is 1.14. The molecule has 0 fully saturated rings. The lowest BCUT2D eigenvalue weighted by Crippen LogP contribution is -2.29. The summed E-state index contributed by atoms with van der Waals surface area (Å²) in [7, 11) is -3.38. The standard InChI is InChI=1S/C19H19ClN4O4S/c1-3-24(29(2,26)27)14-10-8-13(9-11-14)19(25)21-12-17-22-18(23-28-17)15-6-4-5-7-16(15)20/h4-11H,3,12H2,1-2H3,(H,21,25). The summed E-state index contributed by atoms with van der Waals surface area (Å²) in [5.41, 5.74) is 1.51. The summed E-state index contributed by atoms with van der Waals surface area (Å²) in [6.45, 7) is 2.08. The SMILES string of the molecule is CCN(c1ccc(C(=O)NCc2nc(-c3ccccc3Cl)no2)cc1)S(C)(=O)=O. The van der Waals surface area contributed by atoms with E-state index < -0.39 is 10.0 Å². The van der Waals surface area contributed by atoms with Crippen molar-refractivity contribution < 1.29 is 17.7 Å². The predicted molar refractivity (Wildman–Crippen MR) is 110 cm³/mol. The summed E-state index contributed by atoms with van der Waals surface area (Å²) < 4.78 is 30.0. The van der Waals surface area contributed by atoms with Crippen LogP contribution in [0.25, 0.3) is 11.4 Å². The Hall–Kier alpha value is -2.91.